The fraction of sp³-hybridized carbons (Fsp3) is 0.720. The Labute approximate surface area is 194 Å². The number of hydrogen-bond donors (Lipinski definition) is 3. The van der Waals surface area contributed by atoms with Crippen molar-refractivity contribution in [2.75, 3.05) is 6.61 Å². The summed E-state index contributed by atoms with van der Waals surface area (Å²) < 4.78 is 11.0. The molecule has 3 rings (SSSR count). The van der Waals surface area contributed by atoms with Crippen molar-refractivity contribution < 1.29 is 39.2 Å². The van der Waals surface area contributed by atoms with Crippen LogP contribution < -0.4 is 0 Å². The Hall–Kier alpha value is -2.03. The van der Waals surface area contributed by atoms with Crippen LogP contribution in [0.4, 0.5) is 0 Å². The van der Waals surface area contributed by atoms with Gasteiger partial charge in [0, 0.05) is 18.8 Å². The van der Waals surface area contributed by atoms with Gasteiger partial charge in [0.1, 0.15) is 30.5 Å². The molecule has 33 heavy (non-hydrogen) atoms. The van der Waals surface area contributed by atoms with Crippen LogP contribution in [0.1, 0.15) is 60.8 Å². The predicted molar refractivity (Wildman–Crippen MR) is 119 cm³/mol. The van der Waals surface area contributed by atoms with Gasteiger partial charge in [-0.1, -0.05) is 39.8 Å². The summed E-state index contributed by atoms with van der Waals surface area (Å²) in [7, 11) is 0. The Morgan fingerprint density at radius 1 is 1.21 bits per heavy atom. The topological polar surface area (TPSA) is 130 Å². The molecule has 1 spiro atoms. The van der Waals surface area contributed by atoms with Gasteiger partial charge in [-0.05, 0) is 36.8 Å². The summed E-state index contributed by atoms with van der Waals surface area (Å²) in [5.74, 6) is -2.95. The number of Topliss-reactive ketones (excluding diaryl/α,β-unsaturated/α-hetero) is 1. The number of aliphatic hydroxyl groups excluding tert-OH is 2. The lowest BCUT2D eigenvalue weighted by molar-refractivity contribution is -0.190. The maximum absolute atomic E-state index is 14.3. The Morgan fingerprint density at radius 3 is 2.42 bits per heavy atom. The molecule has 0 heterocycles. The Kier molecular flexibility index (Phi) is 6.70. The van der Waals surface area contributed by atoms with Gasteiger partial charge >= 0.3 is 11.9 Å². The summed E-state index contributed by atoms with van der Waals surface area (Å²) in [5, 5.41) is 34.4. The average molecular weight is 465 g/mol. The number of ether oxygens (including phenoxy) is 2. The van der Waals surface area contributed by atoms with Crippen molar-refractivity contribution in [3.05, 3.63) is 23.3 Å². The number of esters is 2. The highest BCUT2D eigenvalue weighted by Crippen LogP contribution is 2.61. The van der Waals surface area contributed by atoms with Gasteiger partial charge in [-0.3, -0.25) is 14.4 Å². The average Bonchev–Trinajstić information content (AvgIpc) is 2.86. The van der Waals surface area contributed by atoms with E-state index in [1.165, 1.54) is 13.0 Å². The minimum atomic E-state index is -2.26. The van der Waals surface area contributed by atoms with Crippen LogP contribution in [-0.4, -0.2) is 63.6 Å². The van der Waals surface area contributed by atoms with Gasteiger partial charge in [0.15, 0.2) is 5.78 Å². The highest BCUT2D eigenvalue weighted by atomic mass is 16.5. The Balaban J connectivity index is 2.26. The smallest absolute Gasteiger partial charge is 0.306 e. The molecule has 3 aliphatic rings. The van der Waals surface area contributed by atoms with Crippen molar-refractivity contribution in [3.8, 4) is 0 Å². The van der Waals surface area contributed by atoms with Crippen LogP contribution in [0.15, 0.2) is 23.3 Å². The third kappa shape index (κ3) is 3.76. The van der Waals surface area contributed by atoms with Gasteiger partial charge in [0.05, 0.1) is 11.3 Å². The van der Waals surface area contributed by atoms with E-state index in [2.05, 4.69) is 0 Å². The number of hydrogen-bond acceptors (Lipinski definition) is 8. The minimum Gasteiger partial charge on any atom is -0.461 e. The van der Waals surface area contributed by atoms with Gasteiger partial charge in [-0.15, -0.1) is 0 Å². The molecular weight excluding hydrogens is 428 g/mol. The van der Waals surface area contributed by atoms with E-state index < -0.39 is 64.3 Å². The number of fused-ring (bicyclic) bond motifs is 1. The van der Waals surface area contributed by atoms with E-state index >= 15 is 0 Å². The monoisotopic (exact) mass is 464 g/mol. The van der Waals surface area contributed by atoms with Crippen molar-refractivity contribution in [3.63, 3.8) is 0 Å². The first-order chi connectivity index (χ1) is 15.2. The standard InChI is InChI=1S/C25H36O8/c1-7-8-18(27)33-22-17-9-16(12-32-15(4)26)20(29)25(31)19(28)13(2)10-24(25,21(17)30)14(3)11-23(22,5)6/h9-10,14,17,19-20,22,28-29,31H,7-8,11-12H2,1-6H3/t14-,17-,19+,20-,22-,24+,25-/m1/s1. The molecule has 0 aromatic carbocycles. The first kappa shape index (κ1) is 25.6. The predicted octanol–water partition coefficient (Wildman–Crippen LogP) is 1.85. The van der Waals surface area contributed by atoms with Crippen LogP contribution in [-0.2, 0) is 23.9 Å². The molecule has 0 saturated heterocycles. The molecule has 2 bridgehead atoms. The van der Waals surface area contributed by atoms with Crippen LogP contribution in [0.25, 0.3) is 0 Å². The van der Waals surface area contributed by atoms with Crippen molar-refractivity contribution in [1.82, 2.24) is 0 Å². The van der Waals surface area contributed by atoms with Crippen LogP contribution in [0.5, 0.6) is 0 Å². The maximum atomic E-state index is 14.3. The second-order valence-electron chi connectivity index (χ2n) is 10.6. The summed E-state index contributed by atoms with van der Waals surface area (Å²) >= 11 is 0. The zero-order valence-corrected chi connectivity index (χ0v) is 20.3. The highest BCUT2D eigenvalue weighted by molar-refractivity contribution is 5.95. The molecule has 3 aliphatic carbocycles. The van der Waals surface area contributed by atoms with Crippen LogP contribution in [0.2, 0.25) is 0 Å². The van der Waals surface area contributed by atoms with Crippen molar-refractivity contribution in [2.24, 2.45) is 22.7 Å². The normalized spacial score (nSPS) is 39.5. The van der Waals surface area contributed by atoms with Crippen LogP contribution in [0, 0.1) is 22.7 Å². The fourth-order valence-electron chi connectivity index (χ4n) is 6.23. The zero-order valence-electron chi connectivity index (χ0n) is 20.3. The number of rotatable bonds is 5. The Morgan fingerprint density at radius 2 is 1.85 bits per heavy atom. The summed E-state index contributed by atoms with van der Waals surface area (Å²) in [6.45, 7) is 9.94. The van der Waals surface area contributed by atoms with Gasteiger partial charge in [0.25, 0.3) is 0 Å². The molecule has 0 amide bonds. The van der Waals surface area contributed by atoms with Crippen molar-refractivity contribution in [1.29, 1.82) is 0 Å². The molecule has 0 aromatic rings. The van der Waals surface area contributed by atoms with E-state index in [-0.39, 0.29) is 18.6 Å². The summed E-state index contributed by atoms with van der Waals surface area (Å²) in [5.41, 5.74) is -4.06. The van der Waals surface area contributed by atoms with Gasteiger partial charge in [-0.25, -0.2) is 0 Å². The molecule has 1 saturated carbocycles. The lowest BCUT2D eigenvalue weighted by atomic mass is 9.59. The first-order valence-corrected chi connectivity index (χ1v) is 11.6. The quantitative estimate of drug-likeness (QED) is 0.415. The van der Waals surface area contributed by atoms with Crippen LogP contribution in [0.3, 0.4) is 0 Å². The summed E-state index contributed by atoms with van der Waals surface area (Å²) in [4.78, 5) is 38.3. The molecule has 0 unspecified atom stereocenters. The van der Waals surface area contributed by atoms with Crippen molar-refractivity contribution >= 4 is 17.7 Å². The SMILES string of the molecule is CCCC(=O)O[C@@H]1[C@@H]2C=C(COC(C)=O)[C@@H](O)[C@]3(O)[C@@H](O)C(C)=C[C@@]3(C2=O)[C@H](C)CC1(C)C. The second kappa shape index (κ2) is 8.64. The molecule has 8 heteroatoms. The number of ketones is 1. The molecule has 184 valence electrons. The van der Waals surface area contributed by atoms with Crippen LogP contribution >= 0.6 is 0 Å². The van der Waals surface area contributed by atoms with E-state index in [1.807, 2.05) is 27.7 Å². The number of carbonyl (C=O) groups is 3. The molecule has 0 aliphatic heterocycles. The van der Waals surface area contributed by atoms with Crippen molar-refractivity contribution in [2.45, 2.75) is 84.7 Å². The lowest BCUT2D eigenvalue weighted by Crippen LogP contribution is -2.65. The van der Waals surface area contributed by atoms with E-state index in [4.69, 9.17) is 9.47 Å². The number of aliphatic hydroxyl groups is 3. The molecule has 7 atom stereocenters. The molecule has 0 radical (unpaired) electrons. The Bertz CT molecular complexity index is 902. The van der Waals surface area contributed by atoms with E-state index in [1.54, 1.807) is 13.0 Å². The molecule has 0 aromatic heterocycles. The zero-order chi connectivity index (χ0) is 24.9. The number of carbonyl (C=O) groups excluding carboxylic acids is 3. The van der Waals surface area contributed by atoms with Gasteiger partial charge < -0.3 is 24.8 Å². The third-order valence-electron chi connectivity index (χ3n) is 7.70. The third-order valence-corrected chi connectivity index (χ3v) is 7.70. The second-order valence-corrected chi connectivity index (χ2v) is 10.6. The van der Waals surface area contributed by atoms with E-state index in [0.29, 0.717) is 18.4 Å². The molecular formula is C25H36O8. The van der Waals surface area contributed by atoms with E-state index in [0.717, 1.165) is 0 Å². The molecule has 3 N–H and O–H groups in total. The summed E-state index contributed by atoms with van der Waals surface area (Å²) in [6.07, 6.45) is 0.194. The largest absolute Gasteiger partial charge is 0.461 e. The molecule has 1 fully saturated rings. The molecule has 8 nitrogen and oxygen atoms in total. The first-order valence-electron chi connectivity index (χ1n) is 11.6. The minimum absolute atomic E-state index is 0.0940. The van der Waals surface area contributed by atoms with Gasteiger partial charge in [0.2, 0.25) is 0 Å². The van der Waals surface area contributed by atoms with Gasteiger partial charge in [-0.2, -0.15) is 0 Å². The maximum Gasteiger partial charge on any atom is 0.306 e. The van der Waals surface area contributed by atoms with E-state index in [9.17, 15) is 29.7 Å². The summed E-state index contributed by atoms with van der Waals surface area (Å²) in [6, 6.07) is 0. The lowest BCUT2D eigenvalue weighted by Gasteiger charge is -2.48. The fourth-order valence-corrected chi connectivity index (χ4v) is 6.23. The highest BCUT2D eigenvalue weighted by Gasteiger charge is 2.72.